The first-order valence-corrected chi connectivity index (χ1v) is 8.59. The Balaban J connectivity index is 0.00000192. The molecule has 0 saturated heterocycles. The number of carbonyl (C=O) groups excluding carboxylic acids is 1. The number of rotatable bonds is 3. The zero-order valence-corrected chi connectivity index (χ0v) is 14.8. The first-order chi connectivity index (χ1) is 10.6. The van der Waals surface area contributed by atoms with Gasteiger partial charge >= 0.3 is 0 Å². The lowest BCUT2D eigenvalue weighted by molar-refractivity contribution is 0.0921. The molecule has 23 heavy (non-hydrogen) atoms. The summed E-state index contributed by atoms with van der Waals surface area (Å²) in [5.41, 5.74) is 8.67. The average Bonchev–Trinajstić information content (AvgIpc) is 3.00. The molecule has 0 aliphatic heterocycles. The molecule has 0 radical (unpaired) electrons. The van der Waals surface area contributed by atoms with E-state index in [0.717, 1.165) is 36.3 Å². The Labute approximate surface area is 146 Å². The lowest BCUT2D eigenvalue weighted by atomic mass is 9.92. The van der Waals surface area contributed by atoms with Crippen molar-refractivity contribution in [3.05, 3.63) is 40.9 Å². The van der Waals surface area contributed by atoms with Crippen molar-refractivity contribution < 1.29 is 4.79 Å². The quantitative estimate of drug-likeness (QED) is 0.888. The molecule has 3 rings (SSSR count). The van der Waals surface area contributed by atoms with Gasteiger partial charge in [0.2, 0.25) is 0 Å². The molecule has 2 aromatic rings. The van der Waals surface area contributed by atoms with Crippen LogP contribution in [0.4, 0.5) is 0 Å². The number of amides is 1. The number of benzene rings is 1. The van der Waals surface area contributed by atoms with Crippen LogP contribution in [0.3, 0.4) is 0 Å². The SMILES string of the molecule is Cc1ccccc1-c1nc(C(=O)NC2CCC(N)CC2)cs1.Cl. The van der Waals surface area contributed by atoms with Crippen LogP contribution in [0.25, 0.3) is 10.6 Å². The van der Waals surface area contributed by atoms with E-state index < -0.39 is 0 Å². The average molecular weight is 352 g/mol. The molecule has 124 valence electrons. The number of nitrogens with zero attached hydrogens (tertiary/aromatic N) is 1. The molecule has 0 unspecified atom stereocenters. The van der Waals surface area contributed by atoms with Gasteiger partial charge in [-0.1, -0.05) is 24.3 Å². The summed E-state index contributed by atoms with van der Waals surface area (Å²) in [5, 5.41) is 5.82. The summed E-state index contributed by atoms with van der Waals surface area (Å²) in [7, 11) is 0. The van der Waals surface area contributed by atoms with Crippen molar-refractivity contribution in [3.8, 4) is 10.6 Å². The maximum atomic E-state index is 12.3. The van der Waals surface area contributed by atoms with Crippen molar-refractivity contribution in [1.82, 2.24) is 10.3 Å². The summed E-state index contributed by atoms with van der Waals surface area (Å²) in [4.78, 5) is 16.8. The molecule has 0 atom stereocenters. The van der Waals surface area contributed by atoms with Gasteiger partial charge in [0.15, 0.2) is 0 Å². The van der Waals surface area contributed by atoms with E-state index in [1.165, 1.54) is 16.9 Å². The second-order valence-corrected chi connectivity index (χ2v) is 6.80. The number of carbonyl (C=O) groups is 1. The van der Waals surface area contributed by atoms with Gasteiger partial charge in [-0.05, 0) is 38.2 Å². The minimum atomic E-state index is -0.0726. The fourth-order valence-corrected chi connectivity index (χ4v) is 3.73. The topological polar surface area (TPSA) is 68.0 Å². The first-order valence-electron chi connectivity index (χ1n) is 7.71. The minimum absolute atomic E-state index is 0. The van der Waals surface area contributed by atoms with Gasteiger partial charge in [-0.25, -0.2) is 4.98 Å². The Morgan fingerprint density at radius 3 is 2.65 bits per heavy atom. The predicted octanol–water partition coefficient (Wildman–Crippen LogP) is 3.54. The summed E-state index contributed by atoms with van der Waals surface area (Å²) in [6, 6.07) is 8.62. The summed E-state index contributed by atoms with van der Waals surface area (Å²) < 4.78 is 0. The number of nitrogens with one attached hydrogen (secondary N) is 1. The van der Waals surface area contributed by atoms with Gasteiger partial charge in [0.25, 0.3) is 5.91 Å². The Morgan fingerprint density at radius 1 is 1.26 bits per heavy atom. The maximum Gasteiger partial charge on any atom is 0.270 e. The Bertz CT molecular complexity index is 665. The van der Waals surface area contributed by atoms with Crippen LogP contribution in [-0.4, -0.2) is 23.0 Å². The molecule has 1 aliphatic rings. The van der Waals surface area contributed by atoms with Crippen molar-refractivity contribution in [2.45, 2.75) is 44.7 Å². The maximum absolute atomic E-state index is 12.3. The molecule has 1 aliphatic carbocycles. The summed E-state index contributed by atoms with van der Waals surface area (Å²) in [6.45, 7) is 2.06. The van der Waals surface area contributed by atoms with Gasteiger partial charge in [0, 0.05) is 23.0 Å². The minimum Gasteiger partial charge on any atom is -0.348 e. The summed E-state index contributed by atoms with van der Waals surface area (Å²) in [6.07, 6.45) is 3.89. The highest BCUT2D eigenvalue weighted by atomic mass is 35.5. The highest BCUT2D eigenvalue weighted by Gasteiger charge is 2.21. The molecule has 1 amide bonds. The molecule has 4 nitrogen and oxygen atoms in total. The Hall–Kier alpha value is -1.43. The van der Waals surface area contributed by atoms with Crippen molar-refractivity contribution in [1.29, 1.82) is 0 Å². The first kappa shape index (κ1) is 17.9. The van der Waals surface area contributed by atoms with E-state index in [9.17, 15) is 4.79 Å². The Kier molecular flexibility index (Phi) is 6.16. The van der Waals surface area contributed by atoms with Gasteiger partial charge < -0.3 is 11.1 Å². The van der Waals surface area contributed by atoms with Crippen LogP contribution < -0.4 is 11.1 Å². The second-order valence-electron chi connectivity index (χ2n) is 5.94. The molecular weight excluding hydrogens is 330 g/mol. The summed E-state index contributed by atoms with van der Waals surface area (Å²) in [5.74, 6) is -0.0726. The third-order valence-electron chi connectivity index (χ3n) is 4.22. The van der Waals surface area contributed by atoms with Gasteiger partial charge in [0.1, 0.15) is 10.7 Å². The van der Waals surface area contributed by atoms with E-state index in [4.69, 9.17) is 5.73 Å². The van der Waals surface area contributed by atoms with Crippen LogP contribution in [0.15, 0.2) is 29.6 Å². The van der Waals surface area contributed by atoms with Crippen LogP contribution in [0, 0.1) is 6.92 Å². The predicted molar refractivity (Wildman–Crippen MR) is 97.2 cm³/mol. The number of nitrogens with two attached hydrogens (primary N) is 1. The lowest BCUT2D eigenvalue weighted by Crippen LogP contribution is -2.40. The van der Waals surface area contributed by atoms with Gasteiger partial charge in [-0.3, -0.25) is 4.79 Å². The van der Waals surface area contributed by atoms with Crippen LogP contribution in [0.2, 0.25) is 0 Å². The normalized spacial score (nSPS) is 20.6. The second kappa shape index (κ2) is 7.90. The van der Waals surface area contributed by atoms with Crippen LogP contribution in [0.1, 0.15) is 41.7 Å². The smallest absolute Gasteiger partial charge is 0.270 e. The number of hydrogen-bond acceptors (Lipinski definition) is 4. The zero-order valence-electron chi connectivity index (χ0n) is 13.1. The third-order valence-corrected chi connectivity index (χ3v) is 5.09. The fraction of sp³-hybridized carbons (Fsp3) is 0.412. The number of thiazole rings is 1. The van der Waals surface area contributed by atoms with E-state index in [1.807, 2.05) is 23.6 Å². The van der Waals surface area contributed by atoms with Crippen molar-refractivity contribution in [2.75, 3.05) is 0 Å². The monoisotopic (exact) mass is 351 g/mol. The lowest BCUT2D eigenvalue weighted by Gasteiger charge is -2.26. The molecule has 1 saturated carbocycles. The van der Waals surface area contributed by atoms with Crippen LogP contribution in [0.5, 0.6) is 0 Å². The molecule has 1 fully saturated rings. The largest absolute Gasteiger partial charge is 0.348 e. The molecule has 0 bridgehead atoms. The highest BCUT2D eigenvalue weighted by Crippen LogP contribution is 2.26. The molecule has 1 aromatic heterocycles. The van der Waals surface area contributed by atoms with Gasteiger partial charge in [0.05, 0.1) is 0 Å². The van der Waals surface area contributed by atoms with Crippen molar-refractivity contribution in [2.24, 2.45) is 5.73 Å². The van der Waals surface area contributed by atoms with Crippen LogP contribution in [-0.2, 0) is 0 Å². The Morgan fingerprint density at radius 2 is 1.96 bits per heavy atom. The van der Waals surface area contributed by atoms with E-state index in [1.54, 1.807) is 0 Å². The van der Waals surface area contributed by atoms with Crippen molar-refractivity contribution in [3.63, 3.8) is 0 Å². The number of aromatic nitrogens is 1. The molecule has 1 aromatic carbocycles. The molecule has 1 heterocycles. The van der Waals surface area contributed by atoms with Gasteiger partial charge in [-0.15, -0.1) is 23.7 Å². The fourth-order valence-electron chi connectivity index (χ4n) is 2.84. The van der Waals surface area contributed by atoms with E-state index in [0.29, 0.717) is 11.7 Å². The molecule has 0 spiro atoms. The van der Waals surface area contributed by atoms with E-state index in [-0.39, 0.29) is 24.4 Å². The number of aryl methyl sites for hydroxylation is 1. The molecule has 6 heteroatoms. The number of halogens is 1. The third kappa shape index (κ3) is 4.31. The highest BCUT2D eigenvalue weighted by molar-refractivity contribution is 7.13. The standard InChI is InChI=1S/C17H21N3OS.ClH/c1-11-4-2-3-5-14(11)17-20-15(10-22-17)16(21)19-13-8-6-12(18)7-9-13;/h2-5,10,12-13H,6-9,18H2,1H3,(H,19,21);1H. The summed E-state index contributed by atoms with van der Waals surface area (Å²) >= 11 is 1.52. The molecule has 3 N–H and O–H groups in total. The van der Waals surface area contributed by atoms with Gasteiger partial charge in [-0.2, -0.15) is 0 Å². The van der Waals surface area contributed by atoms with Crippen LogP contribution >= 0.6 is 23.7 Å². The van der Waals surface area contributed by atoms with E-state index in [2.05, 4.69) is 23.3 Å². The zero-order chi connectivity index (χ0) is 15.5. The van der Waals surface area contributed by atoms with E-state index >= 15 is 0 Å². The van der Waals surface area contributed by atoms with Crippen molar-refractivity contribution >= 4 is 29.7 Å². The number of hydrogen-bond donors (Lipinski definition) is 2. The molecular formula is C17H22ClN3OS.